The molecule has 0 saturated heterocycles. The van der Waals surface area contributed by atoms with Gasteiger partial charge in [0.25, 0.3) is 0 Å². The van der Waals surface area contributed by atoms with Crippen LogP contribution in [0.4, 0.5) is 0 Å². The minimum Gasteiger partial charge on any atom is -0.324 e. The maximum absolute atomic E-state index is 3.84. The van der Waals surface area contributed by atoms with Crippen LogP contribution in [0.3, 0.4) is 0 Å². The SMILES string of the molecule is Cc1[c-]nsc1C.[Y]. The molecule has 0 aliphatic rings. The maximum Gasteiger partial charge on any atom is 0 e. The summed E-state index contributed by atoms with van der Waals surface area (Å²) in [6, 6.07) is 0. The summed E-state index contributed by atoms with van der Waals surface area (Å²) < 4.78 is 3.84. The van der Waals surface area contributed by atoms with Crippen LogP contribution >= 0.6 is 11.5 Å². The van der Waals surface area contributed by atoms with E-state index in [4.69, 9.17) is 0 Å². The molecule has 0 atom stereocenters. The second-order valence-electron chi connectivity index (χ2n) is 1.48. The monoisotopic (exact) mass is 201 g/mol. The summed E-state index contributed by atoms with van der Waals surface area (Å²) in [5, 5.41) is 0. The third-order valence-electron chi connectivity index (χ3n) is 0.924. The Balaban J connectivity index is 0.000000490. The van der Waals surface area contributed by atoms with Gasteiger partial charge in [-0.15, -0.1) is 11.1 Å². The standard InChI is InChI=1S/C5H6NS.Y/c1-4-3-6-7-5(4)2;/h1-2H3;/q-1;. The summed E-state index contributed by atoms with van der Waals surface area (Å²) in [6.07, 6.45) is 2.84. The quantitative estimate of drug-likeness (QED) is 0.580. The molecule has 1 aromatic heterocycles. The van der Waals surface area contributed by atoms with Crippen LogP contribution in [0.5, 0.6) is 0 Å². The number of hydrogen-bond donors (Lipinski definition) is 0. The summed E-state index contributed by atoms with van der Waals surface area (Å²) in [6.45, 7) is 4.06. The zero-order chi connectivity index (χ0) is 5.28. The first-order valence-electron chi connectivity index (χ1n) is 2.11. The topological polar surface area (TPSA) is 12.9 Å². The second-order valence-corrected chi connectivity index (χ2v) is 2.45. The molecule has 1 nitrogen and oxygen atoms in total. The first-order valence-corrected chi connectivity index (χ1v) is 2.88. The third kappa shape index (κ3) is 1.92. The number of nitrogens with zero attached hydrogens (tertiary/aromatic N) is 1. The van der Waals surface area contributed by atoms with Crippen LogP contribution in [0.15, 0.2) is 0 Å². The fraction of sp³-hybridized carbons (Fsp3) is 0.400. The van der Waals surface area contributed by atoms with E-state index in [2.05, 4.69) is 10.6 Å². The molecule has 0 unspecified atom stereocenters. The number of rotatable bonds is 0. The van der Waals surface area contributed by atoms with E-state index < -0.39 is 0 Å². The Bertz CT molecular complexity index is 145. The fourth-order valence-electron chi connectivity index (χ4n) is 0.307. The van der Waals surface area contributed by atoms with Gasteiger partial charge >= 0.3 is 0 Å². The van der Waals surface area contributed by atoms with E-state index in [0.717, 1.165) is 0 Å². The van der Waals surface area contributed by atoms with Gasteiger partial charge in [-0.3, -0.25) is 0 Å². The van der Waals surface area contributed by atoms with Crippen LogP contribution in [0.1, 0.15) is 10.4 Å². The Kier molecular flexibility index (Phi) is 4.04. The zero-order valence-corrected chi connectivity index (χ0v) is 8.59. The average molecular weight is 201 g/mol. The Hall–Kier alpha value is 0.734. The molecule has 1 rings (SSSR count). The molecule has 3 heteroatoms. The van der Waals surface area contributed by atoms with Crippen LogP contribution < -0.4 is 0 Å². The summed E-state index contributed by atoms with van der Waals surface area (Å²) in [4.78, 5) is 1.26. The van der Waals surface area contributed by atoms with Gasteiger partial charge in [0, 0.05) is 32.7 Å². The van der Waals surface area contributed by atoms with Crippen molar-refractivity contribution in [3.05, 3.63) is 16.6 Å². The first kappa shape index (κ1) is 8.73. The molecule has 1 radical (unpaired) electrons. The van der Waals surface area contributed by atoms with Gasteiger partial charge in [-0.1, -0.05) is 13.8 Å². The minimum atomic E-state index is 0. The largest absolute Gasteiger partial charge is 0.324 e. The van der Waals surface area contributed by atoms with Crippen molar-refractivity contribution in [2.45, 2.75) is 13.8 Å². The molecule has 41 valence electrons. The molecule has 0 fully saturated rings. The molecule has 1 heterocycles. The van der Waals surface area contributed by atoms with Crippen molar-refractivity contribution in [2.75, 3.05) is 0 Å². The molecule has 1 aromatic rings. The number of hydrogen-bond acceptors (Lipinski definition) is 2. The van der Waals surface area contributed by atoms with Crippen molar-refractivity contribution in [2.24, 2.45) is 0 Å². The van der Waals surface area contributed by atoms with Gasteiger partial charge in [-0.25, -0.2) is 0 Å². The summed E-state index contributed by atoms with van der Waals surface area (Å²) >= 11 is 1.50. The van der Waals surface area contributed by atoms with E-state index in [9.17, 15) is 0 Å². The predicted molar refractivity (Wildman–Crippen MR) is 30.4 cm³/mol. The minimum absolute atomic E-state index is 0. The summed E-state index contributed by atoms with van der Waals surface area (Å²) in [7, 11) is 0. The molecule has 8 heavy (non-hydrogen) atoms. The van der Waals surface area contributed by atoms with Crippen molar-refractivity contribution >= 4 is 11.5 Å². The van der Waals surface area contributed by atoms with E-state index >= 15 is 0 Å². The molecule has 0 aliphatic carbocycles. The van der Waals surface area contributed by atoms with Crippen LogP contribution in [0.2, 0.25) is 0 Å². The van der Waals surface area contributed by atoms with Crippen LogP contribution in [-0.2, 0) is 32.7 Å². The Labute approximate surface area is 78.5 Å². The van der Waals surface area contributed by atoms with Crippen molar-refractivity contribution in [1.82, 2.24) is 4.37 Å². The van der Waals surface area contributed by atoms with Crippen LogP contribution in [-0.4, -0.2) is 4.37 Å². The van der Waals surface area contributed by atoms with Gasteiger partial charge in [0.2, 0.25) is 0 Å². The fourth-order valence-corrected chi connectivity index (χ4v) is 0.809. The third-order valence-corrected chi connectivity index (χ3v) is 1.69. The molecule has 0 amide bonds. The molecule has 0 bridgehead atoms. The maximum atomic E-state index is 3.84. The predicted octanol–water partition coefficient (Wildman–Crippen LogP) is 1.56. The molecule has 0 saturated carbocycles. The molecule has 0 aromatic carbocycles. The Morgan fingerprint density at radius 2 is 2.12 bits per heavy atom. The van der Waals surface area contributed by atoms with Gasteiger partial charge in [0.1, 0.15) is 0 Å². The van der Waals surface area contributed by atoms with Crippen LogP contribution in [0.25, 0.3) is 0 Å². The van der Waals surface area contributed by atoms with Crippen molar-refractivity contribution in [3.63, 3.8) is 0 Å². The summed E-state index contributed by atoms with van der Waals surface area (Å²) in [5.41, 5.74) is 1.17. The molecular weight excluding hydrogens is 195 g/mol. The number of aryl methyl sites for hydroxylation is 2. The van der Waals surface area contributed by atoms with Crippen molar-refractivity contribution in [3.8, 4) is 0 Å². The van der Waals surface area contributed by atoms with Crippen LogP contribution in [0, 0.1) is 20.0 Å². The van der Waals surface area contributed by atoms with E-state index in [0.29, 0.717) is 0 Å². The van der Waals surface area contributed by atoms with Crippen molar-refractivity contribution < 1.29 is 32.7 Å². The van der Waals surface area contributed by atoms with Gasteiger partial charge < -0.3 is 4.37 Å². The molecule has 0 aliphatic heterocycles. The molecule has 0 N–H and O–H groups in total. The normalized spacial score (nSPS) is 8.25. The summed E-state index contributed by atoms with van der Waals surface area (Å²) in [5.74, 6) is 0. The zero-order valence-electron chi connectivity index (χ0n) is 4.93. The van der Waals surface area contributed by atoms with E-state index in [1.54, 1.807) is 0 Å². The molecule has 0 spiro atoms. The van der Waals surface area contributed by atoms with Gasteiger partial charge in [0.05, 0.1) is 0 Å². The average Bonchev–Trinajstić information content (AvgIpc) is 1.91. The number of aromatic nitrogens is 1. The first-order chi connectivity index (χ1) is 3.30. The van der Waals surface area contributed by atoms with E-state index in [1.807, 2.05) is 13.8 Å². The second kappa shape index (κ2) is 3.70. The molecular formula is C5H6NSY-. The van der Waals surface area contributed by atoms with Gasteiger partial charge in [0.15, 0.2) is 0 Å². The smallest absolute Gasteiger partial charge is 0 e. The van der Waals surface area contributed by atoms with E-state index in [-0.39, 0.29) is 32.7 Å². The van der Waals surface area contributed by atoms with Crippen molar-refractivity contribution in [1.29, 1.82) is 0 Å². The Morgan fingerprint density at radius 3 is 2.25 bits per heavy atom. The Morgan fingerprint density at radius 1 is 1.50 bits per heavy atom. The van der Waals surface area contributed by atoms with E-state index in [1.165, 1.54) is 22.0 Å². The van der Waals surface area contributed by atoms with Gasteiger partial charge in [-0.2, -0.15) is 17.1 Å². The van der Waals surface area contributed by atoms with Gasteiger partial charge in [-0.05, 0) is 0 Å².